The van der Waals surface area contributed by atoms with Gasteiger partial charge in [0.1, 0.15) is 11.6 Å². The molecule has 1 atom stereocenters. The van der Waals surface area contributed by atoms with Crippen molar-refractivity contribution in [1.29, 1.82) is 0 Å². The molecule has 0 spiro atoms. The molecule has 1 unspecified atom stereocenters. The lowest BCUT2D eigenvalue weighted by molar-refractivity contribution is -0.263. The second-order valence-corrected chi connectivity index (χ2v) is 6.09. The molecule has 24 heavy (non-hydrogen) atoms. The summed E-state index contributed by atoms with van der Waals surface area (Å²) in [5.41, 5.74) is -4.56. The number of hydrogen-bond acceptors (Lipinski definition) is 3. The van der Waals surface area contributed by atoms with E-state index < -0.39 is 42.1 Å². The number of benzene rings is 1. The van der Waals surface area contributed by atoms with Crippen molar-refractivity contribution in [3.63, 3.8) is 0 Å². The van der Waals surface area contributed by atoms with Gasteiger partial charge >= 0.3 is 12.3 Å². The van der Waals surface area contributed by atoms with Crippen LogP contribution in [0, 0.1) is 5.82 Å². The van der Waals surface area contributed by atoms with Crippen molar-refractivity contribution in [1.82, 2.24) is 5.32 Å². The molecular weight excluding hydrogens is 334 g/mol. The summed E-state index contributed by atoms with van der Waals surface area (Å²) in [6.07, 6.45) is -7.68. The summed E-state index contributed by atoms with van der Waals surface area (Å²) in [7, 11) is 1.29. The quantitative estimate of drug-likeness (QED) is 0.687. The number of carbonyl (C=O) groups is 1. The van der Waals surface area contributed by atoms with E-state index >= 15 is 0 Å². The number of ether oxygens (including phenoxy) is 1. The molecule has 0 aliphatic rings. The third kappa shape index (κ3) is 4.50. The van der Waals surface area contributed by atoms with Crippen LogP contribution in [0.1, 0.15) is 25.8 Å². The van der Waals surface area contributed by atoms with Crippen molar-refractivity contribution >= 4 is 6.09 Å². The van der Waals surface area contributed by atoms with Gasteiger partial charge < -0.3 is 20.3 Å². The lowest BCUT2D eigenvalue weighted by atomic mass is 9.74. The van der Waals surface area contributed by atoms with E-state index in [-0.39, 0.29) is 11.3 Å². The third-order valence-corrected chi connectivity index (χ3v) is 3.68. The Bertz CT molecular complexity index is 604. The molecule has 0 heterocycles. The SMILES string of the molecule is COc1ccc(F)cc1C(C)(C)CC(O)(CNC(=O)O)C(F)(F)F. The van der Waals surface area contributed by atoms with Crippen LogP contribution in [0.4, 0.5) is 22.4 Å². The molecule has 136 valence electrons. The molecule has 1 aromatic rings. The molecular formula is C15H19F4NO4. The molecule has 0 saturated heterocycles. The lowest BCUT2D eigenvalue weighted by Crippen LogP contribution is -2.56. The Morgan fingerprint density at radius 3 is 2.33 bits per heavy atom. The van der Waals surface area contributed by atoms with Crippen LogP contribution >= 0.6 is 0 Å². The summed E-state index contributed by atoms with van der Waals surface area (Å²) < 4.78 is 58.4. The summed E-state index contributed by atoms with van der Waals surface area (Å²) in [5, 5.41) is 20.1. The molecule has 1 rings (SSSR count). The van der Waals surface area contributed by atoms with Gasteiger partial charge in [0.25, 0.3) is 0 Å². The second kappa shape index (κ2) is 6.84. The Balaban J connectivity index is 3.25. The maximum Gasteiger partial charge on any atom is 0.418 e. The van der Waals surface area contributed by atoms with Crippen LogP contribution < -0.4 is 10.1 Å². The van der Waals surface area contributed by atoms with E-state index in [0.29, 0.717) is 0 Å². The number of nitrogens with one attached hydrogen (secondary N) is 1. The summed E-state index contributed by atoms with van der Waals surface area (Å²) >= 11 is 0. The smallest absolute Gasteiger partial charge is 0.418 e. The molecule has 0 fully saturated rings. The lowest BCUT2D eigenvalue weighted by Gasteiger charge is -2.38. The Hall–Kier alpha value is -2.03. The number of alkyl halides is 3. The van der Waals surface area contributed by atoms with Crippen LogP contribution in [0.2, 0.25) is 0 Å². The normalized spacial score (nSPS) is 14.8. The Morgan fingerprint density at radius 1 is 1.29 bits per heavy atom. The summed E-state index contributed by atoms with van der Waals surface area (Å²) in [6, 6.07) is 3.40. The van der Waals surface area contributed by atoms with Gasteiger partial charge in [-0.05, 0) is 30.0 Å². The molecule has 1 amide bonds. The maximum atomic E-state index is 13.5. The number of aliphatic hydroxyl groups is 1. The van der Waals surface area contributed by atoms with E-state index in [0.717, 1.165) is 12.1 Å². The van der Waals surface area contributed by atoms with E-state index in [4.69, 9.17) is 9.84 Å². The molecule has 9 heteroatoms. The highest BCUT2D eigenvalue weighted by Gasteiger charge is 2.56. The number of carboxylic acid groups (broad SMARTS) is 1. The molecule has 3 N–H and O–H groups in total. The van der Waals surface area contributed by atoms with Gasteiger partial charge in [-0.3, -0.25) is 0 Å². The largest absolute Gasteiger partial charge is 0.496 e. The van der Waals surface area contributed by atoms with Crippen LogP contribution in [-0.2, 0) is 5.41 Å². The van der Waals surface area contributed by atoms with Crippen molar-refractivity contribution in [3.8, 4) is 5.75 Å². The average molecular weight is 353 g/mol. The van der Waals surface area contributed by atoms with Crippen molar-refractivity contribution < 1.29 is 37.3 Å². The van der Waals surface area contributed by atoms with Gasteiger partial charge in [0, 0.05) is 5.56 Å². The minimum absolute atomic E-state index is 0.128. The van der Waals surface area contributed by atoms with Gasteiger partial charge in [0.2, 0.25) is 0 Å². The molecule has 0 aliphatic carbocycles. The fraction of sp³-hybridized carbons (Fsp3) is 0.533. The molecule has 0 aromatic heterocycles. The number of hydrogen-bond donors (Lipinski definition) is 3. The minimum Gasteiger partial charge on any atom is -0.496 e. The summed E-state index contributed by atoms with van der Waals surface area (Å²) in [4.78, 5) is 10.5. The van der Waals surface area contributed by atoms with Crippen molar-refractivity contribution in [2.45, 2.75) is 37.5 Å². The molecule has 0 radical (unpaired) electrons. The van der Waals surface area contributed by atoms with Crippen molar-refractivity contribution in [2.75, 3.05) is 13.7 Å². The average Bonchev–Trinajstić information content (AvgIpc) is 2.43. The predicted octanol–water partition coefficient (Wildman–Crippen LogP) is 3.06. The number of rotatable bonds is 6. The first-order valence-corrected chi connectivity index (χ1v) is 6.92. The fourth-order valence-electron chi connectivity index (χ4n) is 2.52. The Kier molecular flexibility index (Phi) is 5.70. The zero-order valence-electron chi connectivity index (χ0n) is 13.4. The summed E-state index contributed by atoms with van der Waals surface area (Å²) in [6.45, 7) is 1.51. The van der Waals surface area contributed by atoms with Crippen LogP contribution in [0.3, 0.4) is 0 Å². The van der Waals surface area contributed by atoms with E-state index in [2.05, 4.69) is 0 Å². The van der Waals surface area contributed by atoms with Crippen LogP contribution in [0.5, 0.6) is 5.75 Å². The monoisotopic (exact) mass is 353 g/mol. The van der Waals surface area contributed by atoms with Gasteiger partial charge in [-0.15, -0.1) is 0 Å². The minimum atomic E-state index is -5.09. The number of methoxy groups -OCH3 is 1. The zero-order chi connectivity index (χ0) is 18.8. The Morgan fingerprint density at radius 2 is 1.88 bits per heavy atom. The molecule has 0 bridgehead atoms. The fourth-order valence-corrected chi connectivity index (χ4v) is 2.52. The highest BCUT2D eigenvalue weighted by molar-refractivity contribution is 5.64. The highest BCUT2D eigenvalue weighted by atomic mass is 19.4. The third-order valence-electron chi connectivity index (χ3n) is 3.68. The molecule has 5 nitrogen and oxygen atoms in total. The first kappa shape index (κ1) is 20.0. The molecule has 0 saturated carbocycles. The first-order valence-electron chi connectivity index (χ1n) is 6.92. The van der Waals surface area contributed by atoms with E-state index in [9.17, 15) is 27.5 Å². The number of amides is 1. The van der Waals surface area contributed by atoms with Gasteiger partial charge in [0.15, 0.2) is 5.60 Å². The van der Waals surface area contributed by atoms with Crippen LogP contribution in [0.25, 0.3) is 0 Å². The zero-order valence-corrected chi connectivity index (χ0v) is 13.4. The van der Waals surface area contributed by atoms with Gasteiger partial charge in [0.05, 0.1) is 13.7 Å². The predicted molar refractivity (Wildman–Crippen MR) is 77.6 cm³/mol. The van der Waals surface area contributed by atoms with Crippen molar-refractivity contribution in [3.05, 3.63) is 29.6 Å². The standard InChI is InChI=1S/C15H19F4NO4/c1-13(2,10-6-9(16)4-5-11(10)24-3)7-14(23,15(17,18)19)8-20-12(21)22/h4-6,20,23H,7-8H2,1-3H3,(H,21,22). The topological polar surface area (TPSA) is 78.8 Å². The maximum absolute atomic E-state index is 13.5. The van der Waals surface area contributed by atoms with Crippen LogP contribution in [0.15, 0.2) is 18.2 Å². The van der Waals surface area contributed by atoms with E-state index in [1.165, 1.54) is 27.0 Å². The van der Waals surface area contributed by atoms with Gasteiger partial charge in [-0.25, -0.2) is 9.18 Å². The van der Waals surface area contributed by atoms with E-state index in [1.807, 2.05) is 0 Å². The van der Waals surface area contributed by atoms with Gasteiger partial charge in [-0.1, -0.05) is 13.8 Å². The molecule has 1 aromatic carbocycles. The Labute approximate surface area is 136 Å². The van der Waals surface area contributed by atoms with Gasteiger partial charge in [-0.2, -0.15) is 13.2 Å². The highest BCUT2D eigenvalue weighted by Crippen LogP contribution is 2.43. The second-order valence-electron chi connectivity index (χ2n) is 6.09. The number of halogens is 4. The van der Waals surface area contributed by atoms with E-state index in [1.54, 1.807) is 5.32 Å². The van der Waals surface area contributed by atoms with Crippen molar-refractivity contribution in [2.24, 2.45) is 0 Å². The first-order chi connectivity index (χ1) is 10.8. The summed E-state index contributed by atoms with van der Waals surface area (Å²) in [5.74, 6) is -0.504. The van der Waals surface area contributed by atoms with Crippen LogP contribution in [-0.4, -0.2) is 41.7 Å². The molecule has 0 aliphatic heterocycles.